The molecule has 42 heavy (non-hydrogen) atoms. The van der Waals surface area contributed by atoms with Gasteiger partial charge in [0.05, 0.1) is 31.8 Å². The molecule has 0 radical (unpaired) electrons. The Bertz CT molecular complexity index is 1840. The van der Waals surface area contributed by atoms with Crippen LogP contribution >= 0.6 is 0 Å². The number of halogens is 1. The van der Waals surface area contributed by atoms with Crippen LogP contribution in [0, 0.1) is 5.82 Å². The average Bonchev–Trinajstić information content (AvgIpc) is 3.52. The van der Waals surface area contributed by atoms with Crippen LogP contribution in [0.15, 0.2) is 58.1 Å². The highest BCUT2D eigenvalue weighted by molar-refractivity contribution is 6.22. The smallest absolute Gasteiger partial charge is 0.332 e. The number of methoxy groups -OCH3 is 1. The van der Waals surface area contributed by atoms with Crippen LogP contribution in [0.3, 0.4) is 0 Å². The van der Waals surface area contributed by atoms with Crippen LogP contribution in [0.2, 0.25) is 0 Å². The largest absolute Gasteiger partial charge is 0.497 e. The van der Waals surface area contributed by atoms with Crippen molar-refractivity contribution in [3.8, 4) is 5.75 Å². The van der Waals surface area contributed by atoms with Crippen molar-refractivity contribution in [3.05, 3.63) is 80.7 Å². The highest BCUT2D eigenvalue weighted by Crippen LogP contribution is 2.30. The topological polar surface area (TPSA) is 115 Å². The predicted molar refractivity (Wildman–Crippen MR) is 153 cm³/mol. The number of imide groups is 1. The van der Waals surface area contributed by atoms with E-state index in [1.54, 1.807) is 54.1 Å². The van der Waals surface area contributed by atoms with Crippen molar-refractivity contribution >= 4 is 34.6 Å². The number of imidazole rings is 1. The lowest BCUT2D eigenvalue weighted by atomic mass is 10.1. The summed E-state index contributed by atoms with van der Waals surface area (Å²) in [6, 6.07) is 12.6. The molecule has 2 aromatic carbocycles. The third-order valence-electron chi connectivity index (χ3n) is 8.09. The molecule has 4 heterocycles. The van der Waals surface area contributed by atoms with Gasteiger partial charge in [-0.3, -0.25) is 33.0 Å². The van der Waals surface area contributed by atoms with Crippen LogP contribution in [0.25, 0.3) is 11.2 Å². The Morgan fingerprint density at radius 1 is 0.952 bits per heavy atom. The fourth-order valence-corrected chi connectivity index (χ4v) is 5.78. The van der Waals surface area contributed by atoms with E-state index in [0.29, 0.717) is 49.1 Å². The first-order chi connectivity index (χ1) is 20.2. The third kappa shape index (κ3) is 4.45. The van der Waals surface area contributed by atoms with Crippen LogP contribution in [0.1, 0.15) is 12.0 Å². The van der Waals surface area contributed by atoms with E-state index in [2.05, 4.69) is 0 Å². The maximum Gasteiger partial charge on any atom is 0.332 e. The standard InChI is InChI=1S/C29H30FN7O5/c1-32-25-24(27(40)33(2)29(32)41)36(17-18-7-4-5-10-21(18)30)28(31-25)35-13-11-34(12-14-35)22-16-23(38)37(26(22)39)19-8-6-9-20(15-19)42-3/h4-10,15,22H,11-14,16-17H2,1-3H3. The summed E-state index contributed by atoms with van der Waals surface area (Å²) in [5.41, 5.74) is 0.229. The molecule has 218 valence electrons. The number of ether oxygens (including phenoxy) is 1. The number of rotatable bonds is 6. The summed E-state index contributed by atoms with van der Waals surface area (Å²) in [5, 5.41) is 0. The van der Waals surface area contributed by atoms with Crippen molar-refractivity contribution in [2.75, 3.05) is 43.1 Å². The highest BCUT2D eigenvalue weighted by Gasteiger charge is 2.43. The number of hydrogen-bond acceptors (Lipinski definition) is 8. The third-order valence-corrected chi connectivity index (χ3v) is 8.09. The molecule has 0 saturated carbocycles. The van der Waals surface area contributed by atoms with Crippen molar-refractivity contribution in [3.63, 3.8) is 0 Å². The quantitative estimate of drug-likeness (QED) is 0.314. The van der Waals surface area contributed by atoms with E-state index in [1.807, 2.05) is 9.80 Å². The van der Waals surface area contributed by atoms with Gasteiger partial charge in [-0.2, -0.15) is 4.98 Å². The summed E-state index contributed by atoms with van der Waals surface area (Å²) in [5.74, 6) is 0.00619. The first-order valence-corrected chi connectivity index (χ1v) is 13.6. The van der Waals surface area contributed by atoms with E-state index >= 15 is 0 Å². The number of amides is 2. The first-order valence-electron chi connectivity index (χ1n) is 13.6. The van der Waals surface area contributed by atoms with Crippen LogP contribution in [-0.2, 0) is 30.2 Å². The highest BCUT2D eigenvalue weighted by atomic mass is 19.1. The maximum atomic E-state index is 14.7. The number of piperazine rings is 1. The van der Waals surface area contributed by atoms with Crippen molar-refractivity contribution in [1.82, 2.24) is 23.6 Å². The van der Waals surface area contributed by atoms with Crippen molar-refractivity contribution in [2.24, 2.45) is 14.1 Å². The molecular formula is C29H30FN7O5. The van der Waals surface area contributed by atoms with Gasteiger partial charge in [0.25, 0.3) is 11.5 Å². The number of nitrogens with zero attached hydrogens (tertiary/aromatic N) is 7. The monoisotopic (exact) mass is 575 g/mol. The van der Waals surface area contributed by atoms with Gasteiger partial charge in [-0.05, 0) is 18.2 Å². The van der Waals surface area contributed by atoms with Gasteiger partial charge in [-0.1, -0.05) is 24.3 Å². The van der Waals surface area contributed by atoms with Gasteiger partial charge in [0, 0.05) is 51.9 Å². The molecular weight excluding hydrogens is 545 g/mol. The molecule has 0 aliphatic carbocycles. The van der Waals surface area contributed by atoms with Gasteiger partial charge in [-0.15, -0.1) is 0 Å². The molecule has 0 spiro atoms. The molecule has 2 saturated heterocycles. The second-order valence-electron chi connectivity index (χ2n) is 10.5. The van der Waals surface area contributed by atoms with E-state index in [1.165, 1.54) is 29.7 Å². The molecule has 2 aromatic heterocycles. The molecule has 1 atom stereocenters. The summed E-state index contributed by atoms with van der Waals surface area (Å²) < 4.78 is 23.9. The van der Waals surface area contributed by atoms with E-state index in [4.69, 9.17) is 9.72 Å². The molecule has 2 amide bonds. The van der Waals surface area contributed by atoms with Gasteiger partial charge in [0.1, 0.15) is 11.6 Å². The number of carbonyl (C=O) groups is 2. The lowest BCUT2D eigenvalue weighted by Crippen LogP contribution is -2.53. The molecule has 2 aliphatic heterocycles. The molecule has 4 aromatic rings. The minimum Gasteiger partial charge on any atom is -0.497 e. The number of carbonyl (C=O) groups excluding carboxylic acids is 2. The number of anilines is 2. The summed E-state index contributed by atoms with van der Waals surface area (Å²) in [4.78, 5) is 62.1. The molecule has 12 nitrogen and oxygen atoms in total. The number of fused-ring (bicyclic) bond motifs is 1. The maximum absolute atomic E-state index is 14.7. The second kappa shape index (κ2) is 10.6. The van der Waals surface area contributed by atoms with Crippen molar-refractivity contribution < 1.29 is 18.7 Å². The van der Waals surface area contributed by atoms with Crippen LogP contribution < -0.4 is 25.8 Å². The Kier molecular flexibility index (Phi) is 6.89. The second-order valence-corrected chi connectivity index (χ2v) is 10.5. The Morgan fingerprint density at radius 2 is 1.69 bits per heavy atom. The molecule has 2 fully saturated rings. The van der Waals surface area contributed by atoms with E-state index in [9.17, 15) is 23.6 Å². The minimum absolute atomic E-state index is 0.0390. The van der Waals surface area contributed by atoms with E-state index in [0.717, 1.165) is 4.57 Å². The summed E-state index contributed by atoms with van der Waals surface area (Å²) in [6.07, 6.45) is 0.0694. The summed E-state index contributed by atoms with van der Waals surface area (Å²) in [6.45, 7) is 1.82. The average molecular weight is 576 g/mol. The Hall–Kier alpha value is -4.78. The van der Waals surface area contributed by atoms with Gasteiger partial charge >= 0.3 is 5.69 Å². The van der Waals surface area contributed by atoms with Crippen LogP contribution in [-0.4, -0.2) is 74.7 Å². The van der Waals surface area contributed by atoms with Crippen LogP contribution in [0.5, 0.6) is 5.75 Å². The van der Waals surface area contributed by atoms with Gasteiger partial charge in [0.2, 0.25) is 11.9 Å². The lowest BCUT2D eigenvalue weighted by Gasteiger charge is -2.37. The minimum atomic E-state index is -0.601. The predicted octanol–water partition coefficient (Wildman–Crippen LogP) is 1.08. The molecule has 13 heteroatoms. The zero-order valence-electron chi connectivity index (χ0n) is 23.5. The number of aromatic nitrogens is 4. The van der Waals surface area contributed by atoms with Crippen molar-refractivity contribution in [1.29, 1.82) is 0 Å². The van der Waals surface area contributed by atoms with Gasteiger partial charge in [0.15, 0.2) is 11.2 Å². The first kappa shape index (κ1) is 27.4. The Morgan fingerprint density at radius 3 is 2.40 bits per heavy atom. The van der Waals surface area contributed by atoms with E-state index in [-0.39, 0.29) is 35.9 Å². The summed E-state index contributed by atoms with van der Waals surface area (Å²) in [7, 11) is 4.47. The van der Waals surface area contributed by atoms with Gasteiger partial charge < -0.3 is 9.64 Å². The SMILES string of the molecule is COc1cccc(N2C(=O)CC(N3CCN(c4nc5c(c(=O)n(C)c(=O)n5C)n4Cc4ccccc4F)CC3)C2=O)c1. The lowest BCUT2D eigenvalue weighted by molar-refractivity contribution is -0.123. The Labute approximate surface area is 239 Å². The molecule has 0 bridgehead atoms. The molecule has 0 N–H and O–H groups in total. The summed E-state index contributed by atoms with van der Waals surface area (Å²) >= 11 is 0. The zero-order valence-corrected chi connectivity index (χ0v) is 23.5. The fraction of sp³-hybridized carbons (Fsp3) is 0.345. The molecule has 2 aliphatic rings. The normalized spacial score (nSPS) is 18.0. The van der Waals surface area contributed by atoms with Crippen molar-refractivity contribution in [2.45, 2.75) is 19.0 Å². The number of hydrogen-bond donors (Lipinski definition) is 0. The Balaban J connectivity index is 1.29. The van der Waals surface area contributed by atoms with Gasteiger partial charge in [-0.25, -0.2) is 14.1 Å². The fourth-order valence-electron chi connectivity index (χ4n) is 5.78. The van der Waals surface area contributed by atoms with Crippen LogP contribution in [0.4, 0.5) is 16.0 Å². The zero-order chi connectivity index (χ0) is 29.7. The molecule has 6 rings (SSSR count). The molecule has 1 unspecified atom stereocenters. The number of benzene rings is 2. The van der Waals surface area contributed by atoms with E-state index < -0.39 is 23.1 Å². The number of aryl methyl sites for hydroxylation is 1.